The summed E-state index contributed by atoms with van der Waals surface area (Å²) in [5.41, 5.74) is 1.85. The number of aromatic carboxylic acids is 1. The topological polar surface area (TPSA) is 79.3 Å². The number of carbonyl (C=O) groups excluding carboxylic acids is 1. The molecule has 1 aromatic carbocycles. The molecule has 2 rings (SSSR count). The van der Waals surface area contributed by atoms with Gasteiger partial charge in [0.15, 0.2) is 5.69 Å². The summed E-state index contributed by atoms with van der Waals surface area (Å²) >= 11 is 2.90. The van der Waals surface area contributed by atoms with Gasteiger partial charge in [-0.2, -0.15) is 0 Å². The molecule has 0 unspecified atom stereocenters. The molecule has 0 aliphatic carbocycles. The van der Waals surface area contributed by atoms with Crippen LogP contribution in [-0.2, 0) is 11.3 Å². The van der Waals surface area contributed by atoms with Crippen LogP contribution < -0.4 is 5.32 Å². The molecule has 2 aromatic rings. The largest absolute Gasteiger partial charge is 0.476 e. The predicted molar refractivity (Wildman–Crippen MR) is 98.6 cm³/mol. The van der Waals surface area contributed by atoms with Crippen LogP contribution in [0.25, 0.3) is 10.6 Å². The quantitative estimate of drug-likeness (QED) is 0.818. The summed E-state index contributed by atoms with van der Waals surface area (Å²) in [5.74, 6) is -0.600. The van der Waals surface area contributed by atoms with Gasteiger partial charge in [0.1, 0.15) is 5.01 Å². The second-order valence-electron chi connectivity index (χ2n) is 6.22. The third kappa shape index (κ3) is 5.65. The van der Waals surface area contributed by atoms with E-state index in [0.717, 1.165) is 11.1 Å². The molecule has 5 nitrogen and oxygen atoms in total. The molecule has 0 atom stereocenters. The minimum Gasteiger partial charge on any atom is -0.476 e. The van der Waals surface area contributed by atoms with Gasteiger partial charge in [0.25, 0.3) is 0 Å². The molecular formula is C17H20N2O3S2. The molecule has 24 heavy (non-hydrogen) atoms. The van der Waals surface area contributed by atoms with Gasteiger partial charge in [-0.15, -0.1) is 23.1 Å². The van der Waals surface area contributed by atoms with Crippen LogP contribution in [0, 0.1) is 0 Å². The Morgan fingerprint density at radius 3 is 2.71 bits per heavy atom. The number of nitrogens with zero attached hydrogens (tertiary/aromatic N) is 1. The third-order valence-electron chi connectivity index (χ3n) is 3.02. The van der Waals surface area contributed by atoms with E-state index in [1.54, 1.807) is 11.8 Å². The molecule has 0 radical (unpaired) electrons. The molecule has 0 fully saturated rings. The predicted octanol–water partition coefficient (Wildman–Crippen LogP) is 3.66. The highest BCUT2D eigenvalue weighted by atomic mass is 32.2. The first-order valence-electron chi connectivity index (χ1n) is 7.43. The van der Waals surface area contributed by atoms with Gasteiger partial charge in [-0.1, -0.05) is 39.0 Å². The number of thiazole rings is 1. The fourth-order valence-corrected chi connectivity index (χ4v) is 3.31. The number of benzene rings is 1. The van der Waals surface area contributed by atoms with E-state index in [1.807, 2.05) is 24.3 Å². The Morgan fingerprint density at radius 2 is 2.08 bits per heavy atom. The van der Waals surface area contributed by atoms with Crippen LogP contribution >= 0.6 is 23.1 Å². The molecule has 1 heterocycles. The third-order valence-corrected chi connectivity index (χ3v) is 5.19. The Bertz CT molecular complexity index is 735. The number of thioether (sulfide) groups is 1. The number of carboxylic acids is 1. The van der Waals surface area contributed by atoms with Gasteiger partial charge in [-0.25, -0.2) is 9.78 Å². The zero-order chi connectivity index (χ0) is 17.7. The highest BCUT2D eigenvalue weighted by Crippen LogP contribution is 2.25. The summed E-state index contributed by atoms with van der Waals surface area (Å²) in [4.78, 5) is 26.9. The van der Waals surface area contributed by atoms with Crippen LogP contribution in [0.2, 0.25) is 0 Å². The lowest BCUT2D eigenvalue weighted by atomic mass is 10.1. The molecule has 0 bridgehead atoms. The second kappa shape index (κ2) is 7.81. The number of hydrogen-bond donors (Lipinski definition) is 2. The van der Waals surface area contributed by atoms with Gasteiger partial charge in [-0.05, 0) is 11.6 Å². The van der Waals surface area contributed by atoms with Crippen molar-refractivity contribution in [1.29, 1.82) is 0 Å². The first kappa shape index (κ1) is 18.5. The number of hydrogen-bond acceptors (Lipinski definition) is 5. The molecule has 0 saturated heterocycles. The van der Waals surface area contributed by atoms with E-state index >= 15 is 0 Å². The SMILES string of the molecule is CC(C)(C)SCC(=O)NCc1cccc(-c2nc(C(=O)O)cs2)c1. The molecule has 1 amide bonds. The first-order chi connectivity index (χ1) is 11.2. The molecule has 0 saturated carbocycles. The fourth-order valence-electron chi connectivity index (χ4n) is 1.85. The maximum absolute atomic E-state index is 11.9. The van der Waals surface area contributed by atoms with E-state index < -0.39 is 5.97 Å². The minimum absolute atomic E-state index is 0.00254. The van der Waals surface area contributed by atoms with Crippen LogP contribution in [0.15, 0.2) is 29.6 Å². The maximum Gasteiger partial charge on any atom is 0.355 e. The van der Waals surface area contributed by atoms with E-state index in [9.17, 15) is 9.59 Å². The van der Waals surface area contributed by atoms with E-state index in [4.69, 9.17) is 5.11 Å². The van der Waals surface area contributed by atoms with E-state index in [2.05, 4.69) is 31.1 Å². The number of amides is 1. The smallest absolute Gasteiger partial charge is 0.355 e. The number of rotatable bonds is 6. The van der Waals surface area contributed by atoms with Gasteiger partial charge in [0.05, 0.1) is 5.75 Å². The molecule has 1 aromatic heterocycles. The summed E-state index contributed by atoms with van der Waals surface area (Å²) in [6.07, 6.45) is 0. The van der Waals surface area contributed by atoms with Crippen molar-refractivity contribution in [3.05, 3.63) is 40.9 Å². The molecular weight excluding hydrogens is 344 g/mol. The Balaban J connectivity index is 1.97. The first-order valence-corrected chi connectivity index (χ1v) is 9.30. The van der Waals surface area contributed by atoms with Crippen LogP contribution in [0.4, 0.5) is 0 Å². The van der Waals surface area contributed by atoms with Crippen LogP contribution in [0.5, 0.6) is 0 Å². The number of aromatic nitrogens is 1. The molecule has 0 aliphatic rings. The van der Waals surface area contributed by atoms with Crippen molar-refractivity contribution >= 4 is 35.0 Å². The summed E-state index contributed by atoms with van der Waals surface area (Å²) in [7, 11) is 0. The second-order valence-corrected chi connectivity index (χ2v) is 8.88. The Morgan fingerprint density at radius 1 is 1.33 bits per heavy atom. The monoisotopic (exact) mass is 364 g/mol. The average Bonchev–Trinajstić information content (AvgIpc) is 3.01. The van der Waals surface area contributed by atoms with Crippen molar-refractivity contribution in [2.45, 2.75) is 32.1 Å². The normalized spacial score (nSPS) is 11.3. The molecule has 0 spiro atoms. The van der Waals surface area contributed by atoms with Gasteiger partial charge in [0, 0.05) is 22.2 Å². The average molecular weight is 364 g/mol. The van der Waals surface area contributed by atoms with Gasteiger partial charge in [-0.3, -0.25) is 4.79 Å². The Labute approximate surface area is 149 Å². The highest BCUT2D eigenvalue weighted by molar-refractivity contribution is 8.01. The number of carbonyl (C=O) groups is 2. The van der Waals surface area contributed by atoms with E-state index in [1.165, 1.54) is 16.7 Å². The lowest BCUT2D eigenvalue weighted by Gasteiger charge is -2.17. The summed E-state index contributed by atoms with van der Waals surface area (Å²) in [5, 5.41) is 14.0. The van der Waals surface area contributed by atoms with Crippen molar-refractivity contribution in [3.63, 3.8) is 0 Å². The molecule has 7 heteroatoms. The van der Waals surface area contributed by atoms with Crippen molar-refractivity contribution in [1.82, 2.24) is 10.3 Å². The van der Waals surface area contributed by atoms with E-state index in [-0.39, 0.29) is 16.3 Å². The standard InChI is InChI=1S/C17H20N2O3S2/c1-17(2,3)24-10-14(20)18-8-11-5-4-6-12(7-11)15-19-13(9-23-15)16(21)22/h4-7,9H,8,10H2,1-3H3,(H,18,20)(H,21,22). The van der Waals surface area contributed by atoms with Gasteiger partial charge in [0.2, 0.25) is 5.91 Å². The lowest BCUT2D eigenvalue weighted by Crippen LogP contribution is -2.26. The minimum atomic E-state index is -1.03. The van der Waals surface area contributed by atoms with Crippen molar-refractivity contribution in [2.75, 3.05) is 5.75 Å². The Hall–Kier alpha value is -1.86. The molecule has 0 aliphatic heterocycles. The fraction of sp³-hybridized carbons (Fsp3) is 0.353. The Kier molecular flexibility index (Phi) is 6.01. The van der Waals surface area contributed by atoms with Crippen LogP contribution in [0.1, 0.15) is 36.8 Å². The van der Waals surface area contributed by atoms with Crippen LogP contribution in [-0.4, -0.2) is 32.5 Å². The van der Waals surface area contributed by atoms with Crippen molar-refractivity contribution in [3.8, 4) is 10.6 Å². The zero-order valence-corrected chi connectivity index (χ0v) is 15.5. The molecule has 2 N–H and O–H groups in total. The zero-order valence-electron chi connectivity index (χ0n) is 13.8. The van der Waals surface area contributed by atoms with Gasteiger partial charge >= 0.3 is 5.97 Å². The number of nitrogens with one attached hydrogen (secondary N) is 1. The summed E-state index contributed by atoms with van der Waals surface area (Å²) in [6.45, 7) is 6.67. The highest BCUT2D eigenvalue weighted by Gasteiger charge is 2.13. The van der Waals surface area contributed by atoms with Crippen molar-refractivity contribution < 1.29 is 14.7 Å². The summed E-state index contributed by atoms with van der Waals surface area (Å²) < 4.78 is 0.0595. The van der Waals surface area contributed by atoms with Crippen molar-refractivity contribution in [2.24, 2.45) is 0 Å². The molecule has 128 valence electrons. The lowest BCUT2D eigenvalue weighted by molar-refractivity contribution is -0.118. The van der Waals surface area contributed by atoms with Crippen LogP contribution in [0.3, 0.4) is 0 Å². The summed E-state index contributed by atoms with van der Waals surface area (Å²) in [6, 6.07) is 7.60. The maximum atomic E-state index is 11.9. The van der Waals surface area contributed by atoms with Gasteiger partial charge < -0.3 is 10.4 Å². The number of carboxylic acid groups (broad SMARTS) is 1. The van der Waals surface area contributed by atoms with E-state index in [0.29, 0.717) is 17.3 Å².